The van der Waals surface area contributed by atoms with Gasteiger partial charge in [0.05, 0.1) is 17.8 Å². The zero-order valence-electron chi connectivity index (χ0n) is 13.2. The van der Waals surface area contributed by atoms with Gasteiger partial charge in [-0.1, -0.05) is 11.6 Å². The van der Waals surface area contributed by atoms with Crippen LogP contribution in [0.15, 0.2) is 23.6 Å². The van der Waals surface area contributed by atoms with E-state index in [4.69, 9.17) is 16.3 Å². The number of carbonyl (C=O) groups is 1. The number of thiazole rings is 1. The first-order valence-electron chi connectivity index (χ1n) is 7.48. The Kier molecular flexibility index (Phi) is 6.86. The van der Waals surface area contributed by atoms with Crippen molar-refractivity contribution in [2.24, 2.45) is 5.92 Å². The van der Waals surface area contributed by atoms with Gasteiger partial charge in [0, 0.05) is 16.9 Å². The predicted octanol–water partition coefficient (Wildman–Crippen LogP) is 3.83. The topological polar surface area (TPSA) is 63.2 Å². The smallest absolute Gasteiger partial charge is 0.229 e. The van der Waals surface area contributed by atoms with E-state index < -0.39 is 0 Å². The molecular weight excluding hydrogens is 369 g/mol. The minimum absolute atomic E-state index is 0. The fourth-order valence-electron chi connectivity index (χ4n) is 2.58. The summed E-state index contributed by atoms with van der Waals surface area (Å²) in [5, 5.41) is 9.25. The first-order valence-corrected chi connectivity index (χ1v) is 8.74. The highest BCUT2D eigenvalue weighted by molar-refractivity contribution is 7.14. The maximum absolute atomic E-state index is 12.2. The Labute approximate surface area is 156 Å². The molecule has 2 N–H and O–H groups in total. The summed E-state index contributed by atoms with van der Waals surface area (Å²) in [6, 6.07) is 5.52. The highest BCUT2D eigenvalue weighted by Gasteiger charge is 2.21. The zero-order valence-corrected chi connectivity index (χ0v) is 15.6. The predicted molar refractivity (Wildman–Crippen MR) is 101 cm³/mol. The maximum Gasteiger partial charge on any atom is 0.229 e. The number of ether oxygens (including phenoxy) is 1. The van der Waals surface area contributed by atoms with Crippen molar-refractivity contribution in [1.82, 2.24) is 10.3 Å². The molecule has 0 radical (unpaired) electrons. The first kappa shape index (κ1) is 19.0. The third-order valence-electron chi connectivity index (χ3n) is 3.89. The molecule has 1 fully saturated rings. The number of anilines is 1. The van der Waals surface area contributed by atoms with Crippen LogP contribution in [0.3, 0.4) is 0 Å². The lowest BCUT2D eigenvalue weighted by atomic mass is 9.97. The van der Waals surface area contributed by atoms with Crippen LogP contribution in [-0.4, -0.2) is 31.1 Å². The van der Waals surface area contributed by atoms with E-state index in [0.29, 0.717) is 15.9 Å². The van der Waals surface area contributed by atoms with Gasteiger partial charge in [-0.3, -0.25) is 4.79 Å². The van der Waals surface area contributed by atoms with Crippen molar-refractivity contribution in [3.8, 4) is 17.0 Å². The van der Waals surface area contributed by atoms with Gasteiger partial charge < -0.3 is 15.4 Å². The number of methoxy groups -OCH3 is 1. The Hall–Kier alpha value is -1.34. The average molecular weight is 388 g/mol. The Balaban J connectivity index is 0.00000208. The quantitative estimate of drug-likeness (QED) is 0.836. The lowest BCUT2D eigenvalue weighted by Gasteiger charge is -2.20. The molecule has 24 heavy (non-hydrogen) atoms. The van der Waals surface area contributed by atoms with Crippen LogP contribution in [0.5, 0.6) is 5.75 Å². The van der Waals surface area contributed by atoms with Crippen LogP contribution < -0.4 is 15.4 Å². The van der Waals surface area contributed by atoms with Gasteiger partial charge in [0.1, 0.15) is 5.75 Å². The molecule has 1 aromatic heterocycles. The lowest BCUT2D eigenvalue weighted by Crippen LogP contribution is -2.34. The van der Waals surface area contributed by atoms with Crippen LogP contribution in [0.25, 0.3) is 11.3 Å². The molecule has 0 aliphatic carbocycles. The Morgan fingerprint density at radius 2 is 2.17 bits per heavy atom. The zero-order chi connectivity index (χ0) is 16.2. The fourth-order valence-corrected chi connectivity index (χ4v) is 3.56. The van der Waals surface area contributed by atoms with Gasteiger partial charge >= 0.3 is 0 Å². The molecule has 0 spiro atoms. The van der Waals surface area contributed by atoms with Gasteiger partial charge in [-0.15, -0.1) is 23.7 Å². The van der Waals surface area contributed by atoms with E-state index in [-0.39, 0.29) is 24.2 Å². The number of piperidine rings is 1. The molecule has 3 rings (SSSR count). The van der Waals surface area contributed by atoms with E-state index >= 15 is 0 Å². The highest BCUT2D eigenvalue weighted by Crippen LogP contribution is 2.32. The Morgan fingerprint density at radius 1 is 1.42 bits per heavy atom. The molecule has 1 amide bonds. The van der Waals surface area contributed by atoms with Crippen molar-refractivity contribution in [2.45, 2.75) is 12.8 Å². The number of halogens is 2. The molecule has 0 saturated carbocycles. The molecular formula is C16H19Cl2N3O2S. The summed E-state index contributed by atoms with van der Waals surface area (Å²) in [4.78, 5) is 16.7. The van der Waals surface area contributed by atoms with Gasteiger partial charge in [-0.2, -0.15) is 0 Å². The summed E-state index contributed by atoms with van der Waals surface area (Å²) in [6.07, 6.45) is 1.75. The van der Waals surface area contributed by atoms with Gasteiger partial charge in [-0.25, -0.2) is 4.98 Å². The molecule has 1 aromatic carbocycles. The van der Waals surface area contributed by atoms with Gasteiger partial charge in [-0.05, 0) is 44.1 Å². The standard InChI is InChI=1S/C16H18ClN3O2S.ClH/c1-22-14-3-2-11(8-12(14)17)13-9-23-16(19-13)20-15(21)10-4-6-18-7-5-10;/h2-3,8-10,18H,4-7H2,1H3,(H,19,20,21);1H. The summed E-state index contributed by atoms with van der Waals surface area (Å²) in [5.41, 5.74) is 1.69. The third kappa shape index (κ3) is 4.39. The van der Waals surface area contributed by atoms with Crippen LogP contribution in [0.2, 0.25) is 5.02 Å². The van der Waals surface area contributed by atoms with Crippen molar-refractivity contribution in [3.63, 3.8) is 0 Å². The number of benzene rings is 1. The van der Waals surface area contributed by atoms with E-state index in [1.807, 2.05) is 23.6 Å². The van der Waals surface area contributed by atoms with Crippen LogP contribution in [0.4, 0.5) is 5.13 Å². The molecule has 1 saturated heterocycles. The Morgan fingerprint density at radius 3 is 2.83 bits per heavy atom. The number of hydrogen-bond acceptors (Lipinski definition) is 5. The number of nitrogens with one attached hydrogen (secondary N) is 2. The molecule has 0 bridgehead atoms. The molecule has 5 nitrogen and oxygen atoms in total. The first-order chi connectivity index (χ1) is 11.2. The second-order valence-corrected chi connectivity index (χ2v) is 6.67. The van der Waals surface area contributed by atoms with E-state index in [9.17, 15) is 4.79 Å². The molecule has 2 heterocycles. The summed E-state index contributed by atoms with van der Waals surface area (Å²) >= 11 is 7.57. The molecule has 130 valence electrons. The second kappa shape index (κ2) is 8.67. The van der Waals surface area contributed by atoms with E-state index in [1.54, 1.807) is 7.11 Å². The molecule has 1 aliphatic rings. The van der Waals surface area contributed by atoms with Crippen molar-refractivity contribution >= 4 is 46.4 Å². The van der Waals surface area contributed by atoms with Crippen LogP contribution in [0, 0.1) is 5.92 Å². The van der Waals surface area contributed by atoms with Crippen molar-refractivity contribution in [2.75, 3.05) is 25.5 Å². The summed E-state index contributed by atoms with van der Waals surface area (Å²) in [5.74, 6) is 0.754. The number of aromatic nitrogens is 1. The molecule has 8 heteroatoms. The second-order valence-electron chi connectivity index (χ2n) is 5.40. The summed E-state index contributed by atoms with van der Waals surface area (Å²) in [7, 11) is 1.58. The summed E-state index contributed by atoms with van der Waals surface area (Å²) < 4.78 is 5.15. The molecule has 2 aromatic rings. The lowest BCUT2D eigenvalue weighted by molar-refractivity contribution is -0.120. The maximum atomic E-state index is 12.2. The van der Waals surface area contributed by atoms with Crippen LogP contribution >= 0.6 is 35.3 Å². The largest absolute Gasteiger partial charge is 0.495 e. The van der Waals surface area contributed by atoms with Crippen molar-refractivity contribution in [1.29, 1.82) is 0 Å². The monoisotopic (exact) mass is 387 g/mol. The minimum Gasteiger partial charge on any atom is -0.495 e. The van der Waals surface area contributed by atoms with E-state index in [2.05, 4.69) is 15.6 Å². The summed E-state index contributed by atoms with van der Waals surface area (Å²) in [6.45, 7) is 1.79. The average Bonchev–Trinajstić information content (AvgIpc) is 3.04. The van der Waals surface area contributed by atoms with Crippen molar-refractivity contribution < 1.29 is 9.53 Å². The van der Waals surface area contributed by atoms with Crippen LogP contribution in [-0.2, 0) is 4.79 Å². The number of hydrogen-bond donors (Lipinski definition) is 2. The third-order valence-corrected chi connectivity index (χ3v) is 4.94. The van der Waals surface area contributed by atoms with E-state index in [1.165, 1.54) is 11.3 Å². The SMILES string of the molecule is COc1ccc(-c2csc(NC(=O)C3CCNCC3)n2)cc1Cl.Cl. The molecule has 0 unspecified atom stereocenters. The van der Waals surface area contributed by atoms with Crippen LogP contribution in [0.1, 0.15) is 12.8 Å². The normalized spacial score (nSPS) is 14.8. The molecule has 1 aliphatic heterocycles. The molecule has 0 atom stereocenters. The van der Waals surface area contributed by atoms with E-state index in [0.717, 1.165) is 37.2 Å². The van der Waals surface area contributed by atoms with Crippen molar-refractivity contribution in [3.05, 3.63) is 28.6 Å². The highest BCUT2D eigenvalue weighted by atomic mass is 35.5. The van der Waals surface area contributed by atoms with Gasteiger partial charge in [0.15, 0.2) is 5.13 Å². The number of carbonyl (C=O) groups excluding carboxylic acids is 1. The fraction of sp³-hybridized carbons (Fsp3) is 0.375. The van der Waals surface area contributed by atoms with Gasteiger partial charge in [0.25, 0.3) is 0 Å². The number of rotatable bonds is 4. The number of amides is 1. The Bertz CT molecular complexity index is 702. The minimum atomic E-state index is 0. The number of nitrogens with zero attached hydrogens (tertiary/aromatic N) is 1. The van der Waals surface area contributed by atoms with Gasteiger partial charge in [0.2, 0.25) is 5.91 Å².